The molecule has 1 aromatic carbocycles. The van der Waals surface area contributed by atoms with E-state index in [1.54, 1.807) is 12.1 Å². The molecule has 104 valence electrons. The Morgan fingerprint density at radius 3 is 2.16 bits per heavy atom. The molecule has 0 saturated heterocycles. The molecule has 0 aliphatic heterocycles. The van der Waals surface area contributed by atoms with Gasteiger partial charge in [0.15, 0.2) is 0 Å². The summed E-state index contributed by atoms with van der Waals surface area (Å²) >= 11 is 0. The van der Waals surface area contributed by atoms with Crippen LogP contribution in [0.1, 0.15) is 44.1 Å². The van der Waals surface area contributed by atoms with Crippen LogP contribution in [0.4, 0.5) is 0 Å². The van der Waals surface area contributed by atoms with Crippen LogP contribution in [-0.4, -0.2) is 14.1 Å². The molecule has 1 aliphatic carbocycles. The maximum Gasteiger partial charge on any atom is 0.358 e. The lowest BCUT2D eigenvalue weighted by Crippen LogP contribution is -2.05. The highest BCUT2D eigenvalue weighted by Gasteiger charge is 2.16. The summed E-state index contributed by atoms with van der Waals surface area (Å²) in [5.41, 5.74) is 1.86. The highest BCUT2D eigenvalue weighted by atomic mass is 32.2. The quantitative estimate of drug-likeness (QED) is 0.630. The van der Waals surface area contributed by atoms with Crippen molar-refractivity contribution in [3.63, 3.8) is 0 Å². The Morgan fingerprint density at radius 1 is 1.00 bits per heavy atom. The average Bonchev–Trinajstić information content (AvgIpc) is 2.65. The molecular weight excluding hydrogens is 262 g/mol. The van der Waals surface area contributed by atoms with Crippen molar-refractivity contribution in [1.29, 1.82) is 0 Å². The SMILES string of the molecule is Cc1ccc(S(=O)(=O)ON=C2CCCCCC2)cc1. The molecule has 5 heteroatoms. The van der Waals surface area contributed by atoms with Gasteiger partial charge in [-0.3, -0.25) is 4.28 Å². The summed E-state index contributed by atoms with van der Waals surface area (Å²) in [7, 11) is -3.78. The minimum atomic E-state index is -3.78. The highest BCUT2D eigenvalue weighted by molar-refractivity contribution is 7.86. The highest BCUT2D eigenvalue weighted by Crippen LogP contribution is 2.17. The van der Waals surface area contributed by atoms with E-state index in [2.05, 4.69) is 5.16 Å². The minimum Gasteiger partial charge on any atom is -0.265 e. The lowest BCUT2D eigenvalue weighted by Gasteiger charge is -2.04. The molecule has 0 bridgehead atoms. The summed E-state index contributed by atoms with van der Waals surface area (Å²) in [6.45, 7) is 1.91. The van der Waals surface area contributed by atoms with Crippen LogP contribution in [0.3, 0.4) is 0 Å². The first-order valence-corrected chi connectivity index (χ1v) is 8.05. The first-order chi connectivity index (χ1) is 9.08. The maximum atomic E-state index is 11.9. The van der Waals surface area contributed by atoms with Crippen molar-refractivity contribution in [2.45, 2.75) is 50.3 Å². The van der Waals surface area contributed by atoms with Gasteiger partial charge >= 0.3 is 10.1 Å². The van der Waals surface area contributed by atoms with Gasteiger partial charge < -0.3 is 0 Å². The molecule has 4 nitrogen and oxygen atoms in total. The first kappa shape index (κ1) is 14.1. The number of hydrogen-bond donors (Lipinski definition) is 0. The third kappa shape index (κ3) is 4.06. The second kappa shape index (κ2) is 6.19. The predicted molar refractivity (Wildman–Crippen MR) is 74.6 cm³/mol. The summed E-state index contributed by atoms with van der Waals surface area (Å²) in [4.78, 5) is 0.149. The second-order valence-corrected chi connectivity index (χ2v) is 6.44. The van der Waals surface area contributed by atoms with E-state index in [0.717, 1.165) is 37.0 Å². The largest absolute Gasteiger partial charge is 0.358 e. The summed E-state index contributed by atoms with van der Waals surface area (Å²) in [6, 6.07) is 6.57. The number of oxime groups is 1. The van der Waals surface area contributed by atoms with Gasteiger partial charge in [-0.25, -0.2) is 0 Å². The van der Waals surface area contributed by atoms with Crippen LogP contribution < -0.4 is 0 Å². The second-order valence-electron chi connectivity index (χ2n) is 4.91. The summed E-state index contributed by atoms with van der Waals surface area (Å²) in [6.07, 6.45) is 6.17. The van der Waals surface area contributed by atoms with Gasteiger partial charge in [-0.1, -0.05) is 35.7 Å². The third-order valence-corrected chi connectivity index (χ3v) is 4.38. The molecule has 0 N–H and O–H groups in total. The van der Waals surface area contributed by atoms with Gasteiger partial charge in [-0.05, 0) is 44.7 Å². The van der Waals surface area contributed by atoms with Gasteiger partial charge in [0, 0.05) is 0 Å². The van der Waals surface area contributed by atoms with E-state index in [-0.39, 0.29) is 4.90 Å². The van der Waals surface area contributed by atoms with E-state index in [4.69, 9.17) is 4.28 Å². The van der Waals surface area contributed by atoms with Crippen LogP contribution in [0.2, 0.25) is 0 Å². The van der Waals surface area contributed by atoms with E-state index in [1.807, 2.05) is 6.92 Å². The Labute approximate surface area is 114 Å². The molecule has 0 amide bonds. The zero-order chi connectivity index (χ0) is 13.7. The van der Waals surface area contributed by atoms with Crippen LogP contribution >= 0.6 is 0 Å². The normalized spacial score (nSPS) is 16.8. The number of aryl methyl sites for hydroxylation is 1. The van der Waals surface area contributed by atoms with Crippen molar-refractivity contribution < 1.29 is 12.7 Å². The Morgan fingerprint density at radius 2 is 1.58 bits per heavy atom. The molecule has 0 atom stereocenters. The fourth-order valence-corrected chi connectivity index (χ4v) is 2.84. The number of rotatable bonds is 3. The zero-order valence-electron chi connectivity index (χ0n) is 11.1. The predicted octanol–water partition coefficient (Wildman–Crippen LogP) is 3.41. The standard InChI is InChI=1S/C14H19NO3S/c1-12-8-10-14(11-9-12)19(16,17)18-15-13-6-4-2-3-5-7-13/h8-11H,2-7H2,1H3. The smallest absolute Gasteiger partial charge is 0.265 e. The average molecular weight is 281 g/mol. The number of hydrogen-bond acceptors (Lipinski definition) is 4. The minimum absolute atomic E-state index is 0.149. The van der Waals surface area contributed by atoms with Crippen molar-refractivity contribution in [2.75, 3.05) is 0 Å². The maximum absolute atomic E-state index is 11.9. The summed E-state index contributed by atoms with van der Waals surface area (Å²) < 4.78 is 28.7. The van der Waals surface area contributed by atoms with Gasteiger partial charge in [0.25, 0.3) is 0 Å². The van der Waals surface area contributed by atoms with Gasteiger partial charge in [0.1, 0.15) is 4.90 Å². The Bertz CT molecular complexity index is 537. The van der Waals surface area contributed by atoms with Crippen LogP contribution in [0.5, 0.6) is 0 Å². The lowest BCUT2D eigenvalue weighted by atomic mass is 10.2. The van der Waals surface area contributed by atoms with Crippen molar-refractivity contribution in [3.8, 4) is 0 Å². The fourth-order valence-electron chi connectivity index (χ4n) is 2.08. The molecule has 0 aromatic heterocycles. The van der Waals surface area contributed by atoms with E-state index >= 15 is 0 Å². The van der Waals surface area contributed by atoms with Gasteiger partial charge in [0.2, 0.25) is 0 Å². The van der Waals surface area contributed by atoms with Crippen LogP contribution in [0, 0.1) is 6.92 Å². The first-order valence-electron chi connectivity index (χ1n) is 6.64. The van der Waals surface area contributed by atoms with Crippen molar-refractivity contribution in [2.24, 2.45) is 5.16 Å². The summed E-state index contributed by atoms with van der Waals surface area (Å²) in [5, 5.41) is 3.84. The summed E-state index contributed by atoms with van der Waals surface area (Å²) in [5.74, 6) is 0. The van der Waals surface area contributed by atoms with Gasteiger partial charge in [-0.15, -0.1) is 0 Å². The molecular formula is C14H19NO3S. The van der Waals surface area contributed by atoms with Crippen molar-refractivity contribution >= 4 is 15.8 Å². The Balaban J connectivity index is 2.08. The zero-order valence-corrected chi connectivity index (χ0v) is 11.9. The third-order valence-electron chi connectivity index (χ3n) is 3.25. The van der Waals surface area contributed by atoms with Crippen LogP contribution in [-0.2, 0) is 14.4 Å². The lowest BCUT2D eigenvalue weighted by molar-refractivity contribution is 0.336. The molecule has 1 saturated carbocycles. The Kier molecular flexibility index (Phi) is 4.58. The fraction of sp³-hybridized carbons (Fsp3) is 0.500. The molecule has 1 fully saturated rings. The van der Waals surface area contributed by atoms with Crippen molar-refractivity contribution in [3.05, 3.63) is 29.8 Å². The molecule has 19 heavy (non-hydrogen) atoms. The topological polar surface area (TPSA) is 55.7 Å². The van der Waals surface area contributed by atoms with Crippen LogP contribution in [0.25, 0.3) is 0 Å². The van der Waals surface area contributed by atoms with Crippen LogP contribution in [0.15, 0.2) is 34.3 Å². The van der Waals surface area contributed by atoms with Gasteiger partial charge in [0.05, 0.1) is 5.71 Å². The molecule has 0 spiro atoms. The van der Waals surface area contributed by atoms with E-state index in [1.165, 1.54) is 25.0 Å². The monoisotopic (exact) mass is 281 g/mol. The van der Waals surface area contributed by atoms with E-state index in [9.17, 15) is 8.42 Å². The molecule has 0 heterocycles. The Hall–Kier alpha value is -1.36. The van der Waals surface area contributed by atoms with Gasteiger partial charge in [-0.2, -0.15) is 8.42 Å². The molecule has 2 rings (SSSR count). The molecule has 0 radical (unpaired) electrons. The van der Waals surface area contributed by atoms with E-state index < -0.39 is 10.1 Å². The van der Waals surface area contributed by atoms with Crippen molar-refractivity contribution in [1.82, 2.24) is 0 Å². The molecule has 0 unspecified atom stereocenters. The molecule has 1 aliphatic rings. The van der Waals surface area contributed by atoms with E-state index in [0.29, 0.717) is 0 Å². The number of benzene rings is 1. The molecule has 1 aromatic rings. The number of nitrogens with zero attached hydrogens (tertiary/aromatic N) is 1.